The van der Waals surface area contributed by atoms with Gasteiger partial charge in [0.1, 0.15) is 0 Å². The van der Waals surface area contributed by atoms with E-state index in [-0.39, 0.29) is 11.4 Å². The Morgan fingerprint density at radius 1 is 1.45 bits per heavy atom. The van der Waals surface area contributed by atoms with Crippen molar-refractivity contribution in [2.45, 2.75) is 32.6 Å². The quantitative estimate of drug-likeness (QED) is 0.566. The van der Waals surface area contributed by atoms with E-state index in [0.717, 1.165) is 19.3 Å². The number of carbonyl (C=O) groups excluding carboxylic acids is 1. The lowest BCUT2D eigenvalue weighted by atomic mass is 9.34. The molecule has 0 aromatic rings. The van der Waals surface area contributed by atoms with Gasteiger partial charge in [-0.1, -0.05) is 13.3 Å². The molecule has 0 N–H and O–H groups in total. The first kappa shape index (κ1) is 7.14. The highest BCUT2D eigenvalue weighted by molar-refractivity contribution is 5.81. The van der Waals surface area contributed by atoms with Gasteiger partial charge in [-0.15, -0.1) is 0 Å². The number of ether oxygens (including phenoxy) is 1. The van der Waals surface area contributed by atoms with Gasteiger partial charge in [-0.3, -0.25) is 4.79 Å². The normalized spacial score (nSPS) is 45.6. The SMILES string of the molecule is CCC12CC(C(=O)OC)(C1)C2. The Morgan fingerprint density at radius 3 is 2.36 bits per heavy atom. The Balaban J connectivity index is 1.99. The van der Waals surface area contributed by atoms with Crippen molar-refractivity contribution in [2.75, 3.05) is 7.11 Å². The van der Waals surface area contributed by atoms with Gasteiger partial charge in [0.05, 0.1) is 12.5 Å². The molecule has 3 rings (SSSR count). The van der Waals surface area contributed by atoms with E-state index in [0.29, 0.717) is 5.41 Å². The molecule has 0 unspecified atom stereocenters. The molecule has 2 bridgehead atoms. The van der Waals surface area contributed by atoms with E-state index >= 15 is 0 Å². The second-order valence-corrected chi connectivity index (χ2v) is 4.16. The molecule has 0 atom stereocenters. The third kappa shape index (κ3) is 0.652. The monoisotopic (exact) mass is 154 g/mol. The molecule has 2 heteroatoms. The van der Waals surface area contributed by atoms with Crippen molar-refractivity contribution in [3.8, 4) is 0 Å². The van der Waals surface area contributed by atoms with Crippen LogP contribution in [0, 0.1) is 10.8 Å². The summed E-state index contributed by atoms with van der Waals surface area (Å²) in [7, 11) is 1.49. The van der Waals surface area contributed by atoms with Crippen LogP contribution in [0.4, 0.5) is 0 Å². The summed E-state index contributed by atoms with van der Waals surface area (Å²) < 4.78 is 4.75. The van der Waals surface area contributed by atoms with E-state index in [2.05, 4.69) is 6.92 Å². The largest absolute Gasteiger partial charge is 0.469 e. The minimum atomic E-state index is -0.0231. The van der Waals surface area contributed by atoms with Crippen LogP contribution in [0.2, 0.25) is 0 Å². The zero-order valence-electron chi connectivity index (χ0n) is 7.14. The zero-order valence-corrected chi connectivity index (χ0v) is 7.14. The summed E-state index contributed by atoms with van der Waals surface area (Å²) in [5.41, 5.74) is 0.527. The molecule has 2 nitrogen and oxygen atoms in total. The van der Waals surface area contributed by atoms with Gasteiger partial charge in [-0.05, 0) is 24.7 Å². The summed E-state index contributed by atoms with van der Waals surface area (Å²) in [6.45, 7) is 2.21. The average molecular weight is 154 g/mol. The molecule has 0 radical (unpaired) electrons. The van der Waals surface area contributed by atoms with Gasteiger partial charge >= 0.3 is 5.97 Å². The van der Waals surface area contributed by atoms with Crippen molar-refractivity contribution in [1.29, 1.82) is 0 Å². The van der Waals surface area contributed by atoms with Crippen molar-refractivity contribution in [1.82, 2.24) is 0 Å². The second-order valence-electron chi connectivity index (χ2n) is 4.16. The minimum Gasteiger partial charge on any atom is -0.469 e. The third-order valence-corrected chi connectivity index (χ3v) is 3.51. The van der Waals surface area contributed by atoms with Crippen LogP contribution in [0.15, 0.2) is 0 Å². The number of methoxy groups -OCH3 is 1. The van der Waals surface area contributed by atoms with Gasteiger partial charge in [-0.2, -0.15) is 0 Å². The summed E-state index contributed by atoms with van der Waals surface area (Å²) in [5, 5.41) is 0. The molecule has 0 heterocycles. The molecule has 0 aromatic heterocycles. The van der Waals surface area contributed by atoms with E-state index < -0.39 is 0 Å². The lowest BCUT2D eigenvalue weighted by Crippen LogP contribution is -2.65. The van der Waals surface area contributed by atoms with Crippen molar-refractivity contribution in [3.05, 3.63) is 0 Å². The fourth-order valence-corrected chi connectivity index (χ4v) is 2.81. The van der Waals surface area contributed by atoms with Crippen LogP contribution in [0.3, 0.4) is 0 Å². The first-order chi connectivity index (χ1) is 5.16. The molecule has 11 heavy (non-hydrogen) atoms. The topological polar surface area (TPSA) is 26.3 Å². The summed E-state index contributed by atoms with van der Waals surface area (Å²) >= 11 is 0. The molecular weight excluding hydrogens is 140 g/mol. The van der Waals surface area contributed by atoms with Crippen LogP contribution in [0.1, 0.15) is 32.6 Å². The summed E-state index contributed by atoms with van der Waals surface area (Å²) in [6.07, 6.45) is 4.49. The number of esters is 1. The maximum Gasteiger partial charge on any atom is 0.311 e. The maximum absolute atomic E-state index is 11.2. The highest BCUT2D eigenvalue weighted by Crippen LogP contribution is 2.75. The predicted octanol–water partition coefficient (Wildman–Crippen LogP) is 1.74. The number of hydrogen-bond acceptors (Lipinski definition) is 2. The van der Waals surface area contributed by atoms with Crippen LogP contribution in [-0.4, -0.2) is 13.1 Å². The first-order valence-corrected chi connectivity index (χ1v) is 4.25. The van der Waals surface area contributed by atoms with Crippen molar-refractivity contribution in [3.63, 3.8) is 0 Å². The van der Waals surface area contributed by atoms with E-state index in [1.165, 1.54) is 13.5 Å². The number of hydrogen-bond donors (Lipinski definition) is 0. The van der Waals surface area contributed by atoms with Crippen LogP contribution in [-0.2, 0) is 9.53 Å². The fourth-order valence-electron chi connectivity index (χ4n) is 2.81. The zero-order chi connectivity index (χ0) is 8.11. The standard InChI is InChI=1S/C9H14O2/c1-3-8-4-9(5-8,6-8)7(10)11-2/h3-6H2,1-2H3. The van der Waals surface area contributed by atoms with Crippen molar-refractivity contribution in [2.24, 2.45) is 10.8 Å². The van der Waals surface area contributed by atoms with Gasteiger partial charge in [-0.25, -0.2) is 0 Å². The smallest absolute Gasteiger partial charge is 0.311 e. The second kappa shape index (κ2) is 1.79. The molecular formula is C9H14O2. The van der Waals surface area contributed by atoms with E-state index in [4.69, 9.17) is 4.74 Å². The highest BCUT2D eigenvalue weighted by Gasteiger charge is 2.70. The van der Waals surface area contributed by atoms with Crippen molar-refractivity contribution < 1.29 is 9.53 Å². The fraction of sp³-hybridized carbons (Fsp3) is 0.889. The summed E-state index contributed by atoms with van der Waals surface area (Å²) in [4.78, 5) is 11.2. The van der Waals surface area contributed by atoms with E-state index in [1.807, 2.05) is 0 Å². The Labute approximate surface area is 66.9 Å². The molecule has 3 aliphatic rings. The molecule has 0 aliphatic heterocycles. The van der Waals surface area contributed by atoms with E-state index in [1.54, 1.807) is 0 Å². The maximum atomic E-state index is 11.2. The summed E-state index contributed by atoms with van der Waals surface area (Å²) in [5.74, 6) is 0.0211. The van der Waals surface area contributed by atoms with Crippen molar-refractivity contribution >= 4 is 5.97 Å². The summed E-state index contributed by atoms with van der Waals surface area (Å²) in [6, 6.07) is 0. The Kier molecular flexibility index (Phi) is 1.16. The van der Waals surface area contributed by atoms with Crippen LogP contribution < -0.4 is 0 Å². The van der Waals surface area contributed by atoms with Gasteiger partial charge in [0.25, 0.3) is 0 Å². The van der Waals surface area contributed by atoms with Gasteiger partial charge < -0.3 is 4.74 Å². The molecule has 0 spiro atoms. The Morgan fingerprint density at radius 2 is 2.00 bits per heavy atom. The van der Waals surface area contributed by atoms with Crippen LogP contribution in [0.5, 0.6) is 0 Å². The molecule has 0 aromatic carbocycles. The molecule has 62 valence electrons. The van der Waals surface area contributed by atoms with Crippen LogP contribution >= 0.6 is 0 Å². The third-order valence-electron chi connectivity index (χ3n) is 3.51. The Hall–Kier alpha value is -0.530. The van der Waals surface area contributed by atoms with Crippen LogP contribution in [0.25, 0.3) is 0 Å². The Bertz CT molecular complexity index is 188. The highest BCUT2D eigenvalue weighted by atomic mass is 16.5. The molecule has 0 amide bonds. The first-order valence-electron chi connectivity index (χ1n) is 4.25. The number of rotatable bonds is 2. The van der Waals surface area contributed by atoms with E-state index in [9.17, 15) is 4.79 Å². The lowest BCUT2D eigenvalue weighted by Gasteiger charge is -2.68. The lowest BCUT2D eigenvalue weighted by molar-refractivity contribution is -0.226. The molecule has 3 saturated carbocycles. The molecule has 0 saturated heterocycles. The molecule has 3 fully saturated rings. The molecule has 3 aliphatic carbocycles. The minimum absolute atomic E-state index is 0.0211. The van der Waals surface area contributed by atoms with Gasteiger partial charge in [0, 0.05) is 0 Å². The predicted molar refractivity (Wildman–Crippen MR) is 41.0 cm³/mol. The number of carbonyl (C=O) groups is 1. The van der Waals surface area contributed by atoms with Gasteiger partial charge in [0.15, 0.2) is 0 Å². The van der Waals surface area contributed by atoms with Gasteiger partial charge in [0.2, 0.25) is 0 Å². The average Bonchev–Trinajstić information content (AvgIpc) is 1.83.